The highest BCUT2D eigenvalue weighted by Crippen LogP contribution is 2.28. The fourth-order valence-electron chi connectivity index (χ4n) is 3.74. The molecule has 2 aliphatic carbocycles. The van der Waals surface area contributed by atoms with E-state index in [0.29, 0.717) is 0 Å². The summed E-state index contributed by atoms with van der Waals surface area (Å²) >= 11 is 0. The summed E-state index contributed by atoms with van der Waals surface area (Å²) in [5, 5.41) is 3.81. The van der Waals surface area contributed by atoms with E-state index in [4.69, 9.17) is 0 Å². The monoisotopic (exact) mass is 237 g/mol. The molecule has 0 spiro atoms. The van der Waals surface area contributed by atoms with Crippen molar-refractivity contribution < 1.29 is 0 Å². The molecule has 2 saturated carbocycles. The van der Waals surface area contributed by atoms with E-state index in [0.717, 1.165) is 17.9 Å². The lowest BCUT2D eigenvalue weighted by Crippen LogP contribution is -2.34. The minimum atomic E-state index is 0.849. The van der Waals surface area contributed by atoms with Gasteiger partial charge in [0.1, 0.15) is 0 Å². The number of hydrogen-bond acceptors (Lipinski definition) is 1. The van der Waals surface area contributed by atoms with Gasteiger partial charge in [0, 0.05) is 6.04 Å². The Labute approximate surface area is 108 Å². The van der Waals surface area contributed by atoms with Crippen molar-refractivity contribution in [2.75, 3.05) is 6.54 Å². The fourth-order valence-corrected chi connectivity index (χ4v) is 3.74. The van der Waals surface area contributed by atoms with Crippen LogP contribution < -0.4 is 5.32 Å². The van der Waals surface area contributed by atoms with Crippen molar-refractivity contribution in [2.24, 2.45) is 11.8 Å². The molecular formula is C16H31N. The lowest BCUT2D eigenvalue weighted by Gasteiger charge is -2.29. The molecule has 0 heterocycles. The maximum Gasteiger partial charge on any atom is 0.00672 e. The van der Waals surface area contributed by atoms with Crippen LogP contribution in [0, 0.1) is 11.8 Å². The van der Waals surface area contributed by atoms with Crippen LogP contribution in [0.5, 0.6) is 0 Å². The van der Waals surface area contributed by atoms with E-state index in [1.165, 1.54) is 77.2 Å². The molecule has 2 rings (SSSR count). The van der Waals surface area contributed by atoms with Gasteiger partial charge in [-0.2, -0.15) is 0 Å². The predicted octanol–water partition coefficient (Wildman–Crippen LogP) is 4.52. The Morgan fingerprint density at radius 1 is 0.824 bits per heavy atom. The Morgan fingerprint density at radius 3 is 2.18 bits per heavy atom. The largest absolute Gasteiger partial charge is 0.314 e. The van der Waals surface area contributed by atoms with E-state index in [1.54, 1.807) is 0 Å². The highest BCUT2D eigenvalue weighted by Gasteiger charge is 2.20. The lowest BCUT2D eigenvalue weighted by molar-refractivity contribution is 0.272. The zero-order valence-corrected chi connectivity index (χ0v) is 11.7. The Hall–Kier alpha value is -0.0400. The van der Waals surface area contributed by atoms with Crippen LogP contribution >= 0.6 is 0 Å². The van der Waals surface area contributed by atoms with E-state index in [9.17, 15) is 0 Å². The molecule has 0 amide bonds. The van der Waals surface area contributed by atoms with Gasteiger partial charge in [0.05, 0.1) is 0 Å². The Kier molecular flexibility index (Phi) is 5.84. The average molecular weight is 237 g/mol. The minimum absolute atomic E-state index is 0.849. The minimum Gasteiger partial charge on any atom is -0.314 e. The van der Waals surface area contributed by atoms with Crippen molar-refractivity contribution in [1.82, 2.24) is 5.32 Å². The molecule has 2 fully saturated rings. The van der Waals surface area contributed by atoms with Crippen molar-refractivity contribution in [1.29, 1.82) is 0 Å². The Morgan fingerprint density at radius 2 is 1.53 bits per heavy atom. The molecule has 1 heteroatoms. The van der Waals surface area contributed by atoms with Crippen LogP contribution in [0.25, 0.3) is 0 Å². The van der Waals surface area contributed by atoms with Crippen molar-refractivity contribution >= 4 is 0 Å². The molecular weight excluding hydrogens is 206 g/mol. The summed E-state index contributed by atoms with van der Waals surface area (Å²) in [6.45, 7) is 3.63. The van der Waals surface area contributed by atoms with Gasteiger partial charge in [-0.15, -0.1) is 0 Å². The smallest absolute Gasteiger partial charge is 0.00672 e. The second kappa shape index (κ2) is 7.41. The van der Waals surface area contributed by atoms with Crippen molar-refractivity contribution in [2.45, 2.75) is 83.6 Å². The third-order valence-electron chi connectivity index (χ3n) is 5.13. The summed E-state index contributed by atoms with van der Waals surface area (Å²) in [5.74, 6) is 2.08. The molecule has 0 aromatic heterocycles. The molecule has 0 saturated heterocycles. The molecule has 17 heavy (non-hydrogen) atoms. The van der Waals surface area contributed by atoms with Crippen molar-refractivity contribution in [3.8, 4) is 0 Å². The molecule has 0 aromatic rings. The summed E-state index contributed by atoms with van der Waals surface area (Å²) < 4.78 is 0. The van der Waals surface area contributed by atoms with Crippen molar-refractivity contribution in [3.63, 3.8) is 0 Å². The summed E-state index contributed by atoms with van der Waals surface area (Å²) in [5.41, 5.74) is 0. The first-order valence-corrected chi connectivity index (χ1v) is 8.12. The summed E-state index contributed by atoms with van der Waals surface area (Å²) in [7, 11) is 0. The maximum absolute atomic E-state index is 3.81. The molecule has 0 atom stereocenters. The normalized spacial score (nSPS) is 31.6. The first-order chi connectivity index (χ1) is 8.38. The van der Waals surface area contributed by atoms with Gasteiger partial charge in [-0.3, -0.25) is 0 Å². The third-order valence-corrected chi connectivity index (χ3v) is 5.13. The van der Waals surface area contributed by atoms with Gasteiger partial charge in [0.15, 0.2) is 0 Å². The summed E-state index contributed by atoms with van der Waals surface area (Å²) in [6.07, 6.45) is 16.1. The Balaban J connectivity index is 1.53. The first kappa shape index (κ1) is 13.4. The van der Waals surface area contributed by atoms with Gasteiger partial charge in [0.25, 0.3) is 0 Å². The second-order valence-corrected chi connectivity index (χ2v) is 6.37. The zero-order chi connectivity index (χ0) is 11.9. The summed E-state index contributed by atoms with van der Waals surface area (Å²) in [4.78, 5) is 0. The van der Waals surface area contributed by atoms with E-state index in [2.05, 4.69) is 12.2 Å². The Bertz CT molecular complexity index is 188. The number of nitrogens with one attached hydrogen (secondary N) is 1. The topological polar surface area (TPSA) is 12.0 Å². The predicted molar refractivity (Wildman–Crippen MR) is 75.2 cm³/mol. The molecule has 1 nitrogen and oxygen atoms in total. The molecule has 0 bridgehead atoms. The van der Waals surface area contributed by atoms with Crippen LogP contribution in [0.1, 0.15) is 77.6 Å². The maximum atomic E-state index is 3.81. The SMILES string of the molecule is CCC1CCC(NCCC2CCCCC2)CC1. The van der Waals surface area contributed by atoms with Crippen LogP contribution in [0.3, 0.4) is 0 Å². The quantitative estimate of drug-likeness (QED) is 0.741. The van der Waals surface area contributed by atoms with E-state index in [1.807, 2.05) is 0 Å². The van der Waals surface area contributed by atoms with Gasteiger partial charge >= 0.3 is 0 Å². The molecule has 2 aliphatic rings. The average Bonchev–Trinajstić information content (AvgIpc) is 2.41. The molecule has 0 aromatic carbocycles. The highest BCUT2D eigenvalue weighted by molar-refractivity contribution is 4.77. The van der Waals surface area contributed by atoms with E-state index >= 15 is 0 Å². The molecule has 100 valence electrons. The van der Waals surface area contributed by atoms with Gasteiger partial charge in [-0.1, -0.05) is 45.4 Å². The van der Waals surface area contributed by atoms with Gasteiger partial charge in [-0.05, 0) is 50.5 Å². The highest BCUT2D eigenvalue weighted by atomic mass is 14.9. The van der Waals surface area contributed by atoms with Gasteiger partial charge in [-0.25, -0.2) is 0 Å². The van der Waals surface area contributed by atoms with Crippen LogP contribution in [0.2, 0.25) is 0 Å². The third kappa shape index (κ3) is 4.62. The molecule has 0 aliphatic heterocycles. The lowest BCUT2D eigenvalue weighted by atomic mass is 9.84. The molecule has 0 radical (unpaired) electrons. The van der Waals surface area contributed by atoms with Gasteiger partial charge < -0.3 is 5.32 Å². The van der Waals surface area contributed by atoms with Crippen molar-refractivity contribution in [3.05, 3.63) is 0 Å². The van der Waals surface area contributed by atoms with Gasteiger partial charge in [0.2, 0.25) is 0 Å². The van der Waals surface area contributed by atoms with Crippen LogP contribution in [0.15, 0.2) is 0 Å². The van der Waals surface area contributed by atoms with Crippen LogP contribution in [-0.2, 0) is 0 Å². The second-order valence-electron chi connectivity index (χ2n) is 6.37. The summed E-state index contributed by atoms with van der Waals surface area (Å²) in [6, 6.07) is 0.849. The van der Waals surface area contributed by atoms with Crippen LogP contribution in [-0.4, -0.2) is 12.6 Å². The first-order valence-electron chi connectivity index (χ1n) is 8.12. The zero-order valence-electron chi connectivity index (χ0n) is 11.7. The molecule has 0 unspecified atom stereocenters. The fraction of sp³-hybridized carbons (Fsp3) is 1.00. The van der Waals surface area contributed by atoms with E-state index in [-0.39, 0.29) is 0 Å². The molecule has 1 N–H and O–H groups in total. The van der Waals surface area contributed by atoms with Crippen LogP contribution in [0.4, 0.5) is 0 Å². The number of hydrogen-bond donors (Lipinski definition) is 1. The van der Waals surface area contributed by atoms with E-state index < -0.39 is 0 Å². The number of rotatable bonds is 5. The standard InChI is InChI=1S/C16H31N/c1-2-14-8-10-16(11-9-14)17-13-12-15-6-4-3-5-7-15/h14-17H,2-13H2,1H3.